The average molecular weight is 416 g/mol. The number of ether oxygens (including phenoxy) is 1. The highest BCUT2D eigenvalue weighted by Gasteiger charge is 2.20. The van der Waals surface area contributed by atoms with Gasteiger partial charge in [0, 0.05) is 18.0 Å². The molecule has 1 amide bonds. The molecular formula is C21H25N3O2S2. The van der Waals surface area contributed by atoms with E-state index in [1.165, 1.54) is 11.8 Å². The van der Waals surface area contributed by atoms with Crippen LogP contribution in [0.25, 0.3) is 10.2 Å². The van der Waals surface area contributed by atoms with Gasteiger partial charge in [-0.2, -0.15) is 0 Å². The largest absolute Gasteiger partial charge is 0.497 e. The molecule has 1 aromatic heterocycles. The van der Waals surface area contributed by atoms with Gasteiger partial charge in [0.25, 0.3) is 0 Å². The molecule has 1 heterocycles. The summed E-state index contributed by atoms with van der Waals surface area (Å²) in [6, 6.07) is 13.9. The summed E-state index contributed by atoms with van der Waals surface area (Å²) < 4.78 is 6.30. The third-order valence-electron chi connectivity index (χ3n) is 4.33. The Bertz CT molecular complexity index is 938. The Labute approximate surface area is 174 Å². The Morgan fingerprint density at radius 3 is 2.54 bits per heavy atom. The lowest BCUT2D eigenvalue weighted by atomic mass is 10.2. The molecule has 0 aliphatic rings. The van der Waals surface area contributed by atoms with Gasteiger partial charge in [-0.1, -0.05) is 23.5 Å². The molecule has 0 unspecified atom stereocenters. The average Bonchev–Trinajstić information content (AvgIpc) is 3.12. The first-order valence-electron chi connectivity index (χ1n) is 9.06. The second-order valence-corrected chi connectivity index (χ2v) is 8.79. The second kappa shape index (κ2) is 9.41. The van der Waals surface area contributed by atoms with Crippen molar-refractivity contribution in [1.82, 2.24) is 9.88 Å². The number of carbonyl (C=O) groups excluding carboxylic acids is 1. The van der Waals surface area contributed by atoms with Crippen LogP contribution in [-0.4, -0.2) is 55.8 Å². The molecule has 148 valence electrons. The van der Waals surface area contributed by atoms with Gasteiger partial charge in [-0.25, -0.2) is 4.98 Å². The van der Waals surface area contributed by atoms with Crippen molar-refractivity contribution < 1.29 is 9.53 Å². The van der Waals surface area contributed by atoms with Crippen LogP contribution in [0.15, 0.2) is 47.4 Å². The number of fused-ring (bicyclic) bond motifs is 1. The number of hydrogen-bond acceptors (Lipinski definition) is 6. The number of hydrogen-bond donors (Lipinski definition) is 0. The Morgan fingerprint density at radius 2 is 1.89 bits per heavy atom. The number of aryl methyl sites for hydroxylation is 1. The third-order valence-corrected chi connectivity index (χ3v) is 6.37. The number of aromatic nitrogens is 1. The van der Waals surface area contributed by atoms with Crippen LogP contribution in [0.4, 0.5) is 5.13 Å². The maximum absolute atomic E-state index is 13.0. The first-order valence-corrected chi connectivity index (χ1v) is 10.9. The SMILES string of the molecule is COc1ccc(SCC(=O)N(CCN(C)C)c2nc3c(C)cccc3s2)cc1. The zero-order chi connectivity index (χ0) is 20.1. The molecule has 0 radical (unpaired) electrons. The van der Waals surface area contributed by atoms with Gasteiger partial charge in [0.05, 0.1) is 23.1 Å². The maximum atomic E-state index is 13.0. The van der Waals surface area contributed by atoms with E-state index in [0.717, 1.165) is 38.1 Å². The van der Waals surface area contributed by atoms with Crippen molar-refractivity contribution >= 4 is 44.4 Å². The first-order chi connectivity index (χ1) is 13.5. The van der Waals surface area contributed by atoms with Crippen molar-refractivity contribution in [2.24, 2.45) is 0 Å². The fourth-order valence-corrected chi connectivity index (χ4v) is 4.57. The number of methoxy groups -OCH3 is 1. The first kappa shape index (κ1) is 20.6. The lowest BCUT2D eigenvalue weighted by molar-refractivity contribution is -0.116. The zero-order valence-corrected chi connectivity index (χ0v) is 18.3. The fourth-order valence-electron chi connectivity index (χ4n) is 2.71. The normalized spacial score (nSPS) is 11.2. The van der Waals surface area contributed by atoms with Crippen LogP contribution in [0.2, 0.25) is 0 Å². The van der Waals surface area contributed by atoms with E-state index in [9.17, 15) is 4.79 Å². The van der Waals surface area contributed by atoms with Gasteiger partial charge in [-0.3, -0.25) is 9.69 Å². The summed E-state index contributed by atoms with van der Waals surface area (Å²) in [6.45, 7) is 3.46. The number of amides is 1. The van der Waals surface area contributed by atoms with E-state index in [1.807, 2.05) is 49.3 Å². The molecule has 28 heavy (non-hydrogen) atoms. The molecule has 0 atom stereocenters. The van der Waals surface area contributed by atoms with E-state index < -0.39 is 0 Å². The van der Waals surface area contributed by atoms with Gasteiger partial charge in [0.15, 0.2) is 5.13 Å². The van der Waals surface area contributed by atoms with E-state index in [2.05, 4.69) is 24.0 Å². The highest BCUT2D eigenvalue weighted by molar-refractivity contribution is 8.00. The summed E-state index contributed by atoms with van der Waals surface area (Å²) in [5.41, 5.74) is 2.11. The molecule has 0 aliphatic carbocycles. The third kappa shape index (κ3) is 5.04. The monoisotopic (exact) mass is 415 g/mol. The summed E-state index contributed by atoms with van der Waals surface area (Å²) in [5, 5.41) is 0.770. The minimum Gasteiger partial charge on any atom is -0.497 e. The van der Waals surface area contributed by atoms with Crippen molar-refractivity contribution in [3.63, 3.8) is 0 Å². The van der Waals surface area contributed by atoms with Crippen LogP contribution < -0.4 is 9.64 Å². The highest BCUT2D eigenvalue weighted by atomic mass is 32.2. The molecule has 0 saturated carbocycles. The van der Waals surface area contributed by atoms with Gasteiger partial charge in [-0.05, 0) is 56.9 Å². The van der Waals surface area contributed by atoms with Crippen molar-refractivity contribution in [2.75, 3.05) is 44.9 Å². The molecule has 0 spiro atoms. The number of anilines is 1. The smallest absolute Gasteiger partial charge is 0.239 e. The molecule has 3 aromatic rings. The molecule has 3 rings (SSSR count). The Balaban J connectivity index is 1.77. The maximum Gasteiger partial charge on any atom is 0.239 e. The molecule has 7 heteroatoms. The molecule has 2 aromatic carbocycles. The molecule has 0 saturated heterocycles. The van der Waals surface area contributed by atoms with Crippen LogP contribution >= 0.6 is 23.1 Å². The number of benzene rings is 2. The molecule has 5 nitrogen and oxygen atoms in total. The Hall–Kier alpha value is -2.09. The fraction of sp³-hybridized carbons (Fsp3) is 0.333. The van der Waals surface area contributed by atoms with Gasteiger partial charge in [0.2, 0.25) is 5.91 Å². The molecule has 0 bridgehead atoms. The minimum atomic E-state index is 0.0689. The highest BCUT2D eigenvalue weighted by Crippen LogP contribution is 2.31. The van der Waals surface area contributed by atoms with Crippen molar-refractivity contribution in [2.45, 2.75) is 11.8 Å². The molecule has 0 N–H and O–H groups in total. The molecule has 0 fully saturated rings. The molecule has 0 aliphatic heterocycles. The topological polar surface area (TPSA) is 45.7 Å². The van der Waals surface area contributed by atoms with E-state index in [4.69, 9.17) is 9.72 Å². The minimum absolute atomic E-state index is 0.0689. The lowest BCUT2D eigenvalue weighted by Gasteiger charge is -2.21. The van der Waals surface area contributed by atoms with Crippen molar-refractivity contribution in [1.29, 1.82) is 0 Å². The quantitative estimate of drug-likeness (QED) is 0.513. The van der Waals surface area contributed by atoms with Crippen LogP contribution in [0.5, 0.6) is 5.75 Å². The van der Waals surface area contributed by atoms with Gasteiger partial charge >= 0.3 is 0 Å². The van der Waals surface area contributed by atoms with E-state index in [0.29, 0.717) is 12.3 Å². The number of likely N-dealkylation sites (N-methyl/N-ethyl adjacent to an activating group) is 1. The van der Waals surface area contributed by atoms with Crippen LogP contribution in [-0.2, 0) is 4.79 Å². The summed E-state index contributed by atoms with van der Waals surface area (Å²) in [7, 11) is 5.67. The second-order valence-electron chi connectivity index (χ2n) is 6.73. The summed E-state index contributed by atoms with van der Waals surface area (Å²) in [6.07, 6.45) is 0. The molecular weight excluding hydrogens is 390 g/mol. The number of thiazole rings is 1. The van der Waals surface area contributed by atoms with Gasteiger partial charge < -0.3 is 9.64 Å². The van der Waals surface area contributed by atoms with Gasteiger partial charge in [0.1, 0.15) is 5.75 Å². The van der Waals surface area contributed by atoms with Gasteiger partial charge in [-0.15, -0.1) is 11.8 Å². The van der Waals surface area contributed by atoms with Crippen LogP contribution in [0.3, 0.4) is 0 Å². The van der Waals surface area contributed by atoms with E-state index in [1.54, 1.807) is 18.4 Å². The van der Waals surface area contributed by atoms with Crippen LogP contribution in [0.1, 0.15) is 5.56 Å². The number of thioether (sulfide) groups is 1. The van der Waals surface area contributed by atoms with E-state index in [-0.39, 0.29) is 5.91 Å². The number of nitrogens with zero attached hydrogens (tertiary/aromatic N) is 3. The van der Waals surface area contributed by atoms with Crippen LogP contribution in [0, 0.1) is 6.92 Å². The predicted octanol–water partition coefficient (Wildman–Crippen LogP) is 4.30. The van der Waals surface area contributed by atoms with Crippen molar-refractivity contribution in [3.8, 4) is 5.75 Å². The Kier molecular flexibility index (Phi) is 6.93. The Morgan fingerprint density at radius 1 is 1.14 bits per heavy atom. The lowest BCUT2D eigenvalue weighted by Crippen LogP contribution is -2.37. The number of carbonyl (C=O) groups is 1. The standard InChI is InChI=1S/C21H25N3O2S2/c1-15-6-5-7-18-20(15)22-21(28-18)24(13-12-23(2)3)19(25)14-27-17-10-8-16(26-4)9-11-17/h5-11H,12-14H2,1-4H3. The number of para-hydroxylation sites is 1. The van der Waals surface area contributed by atoms with Crippen molar-refractivity contribution in [3.05, 3.63) is 48.0 Å². The number of rotatable bonds is 8. The van der Waals surface area contributed by atoms with E-state index >= 15 is 0 Å². The summed E-state index contributed by atoms with van der Waals surface area (Å²) in [5.74, 6) is 1.25. The summed E-state index contributed by atoms with van der Waals surface area (Å²) in [4.78, 5) is 22.8. The summed E-state index contributed by atoms with van der Waals surface area (Å²) >= 11 is 3.11. The predicted molar refractivity (Wildman–Crippen MR) is 119 cm³/mol. The zero-order valence-electron chi connectivity index (χ0n) is 16.6.